The molecule has 4 heterocycles. The van der Waals surface area contributed by atoms with Gasteiger partial charge in [-0.3, -0.25) is 4.57 Å². The lowest BCUT2D eigenvalue weighted by molar-refractivity contribution is 0.548. The van der Waals surface area contributed by atoms with E-state index in [1.54, 1.807) is 0 Å². The zero-order valence-electron chi connectivity index (χ0n) is 30.8. The summed E-state index contributed by atoms with van der Waals surface area (Å²) >= 11 is 0. The van der Waals surface area contributed by atoms with E-state index in [0.717, 1.165) is 63.5 Å². The Kier molecular flexibility index (Phi) is 6.99. The van der Waals surface area contributed by atoms with E-state index < -0.39 is 0 Å². The summed E-state index contributed by atoms with van der Waals surface area (Å²) in [4.78, 5) is 16.1. The van der Waals surface area contributed by atoms with E-state index in [4.69, 9.17) is 15.0 Å². The highest BCUT2D eigenvalue weighted by Gasteiger charge is 2.31. The molecule has 11 rings (SSSR count). The van der Waals surface area contributed by atoms with E-state index >= 15 is 0 Å². The maximum atomic E-state index is 5.42. The summed E-state index contributed by atoms with van der Waals surface area (Å²) in [5, 5.41) is 5.88. The molecule has 0 aliphatic heterocycles. The molecule has 6 heteroatoms. The Labute approximate surface area is 318 Å². The highest BCUT2D eigenvalue weighted by molar-refractivity contribution is 6.29. The van der Waals surface area contributed by atoms with Crippen LogP contribution in [0.4, 0.5) is 0 Å². The zero-order valence-corrected chi connectivity index (χ0v) is 30.8. The molecule has 4 aromatic heterocycles. The normalized spacial score (nSPS) is 18.4. The molecule has 0 saturated carbocycles. The van der Waals surface area contributed by atoms with Crippen LogP contribution in [0.15, 0.2) is 164 Å². The van der Waals surface area contributed by atoms with Crippen molar-refractivity contribution < 1.29 is 0 Å². The SMILES string of the molecule is CC1C=CC=C(c2nc(-n3c4ccccc4c4ccc5c(c6ccc7c(ccn7-c7ccccc7)c6n5-c5ccccc5)c43)nc(C3(C)C=CC=CC3)n2)C1. The lowest BCUT2D eigenvalue weighted by atomic mass is 9.83. The molecule has 2 aliphatic carbocycles. The van der Waals surface area contributed by atoms with Gasteiger partial charge in [-0.25, -0.2) is 4.98 Å². The largest absolute Gasteiger partial charge is 0.316 e. The predicted octanol–water partition coefficient (Wildman–Crippen LogP) is 11.8. The predicted molar refractivity (Wildman–Crippen MR) is 226 cm³/mol. The van der Waals surface area contributed by atoms with Gasteiger partial charge in [0.2, 0.25) is 5.95 Å². The lowest BCUT2D eigenvalue weighted by Gasteiger charge is -2.26. The minimum absolute atomic E-state index is 0.368. The molecule has 264 valence electrons. The summed E-state index contributed by atoms with van der Waals surface area (Å²) < 4.78 is 7.03. The number of para-hydroxylation sites is 3. The number of aromatic nitrogens is 6. The first kappa shape index (κ1) is 31.7. The van der Waals surface area contributed by atoms with E-state index in [1.165, 1.54) is 32.4 Å². The highest BCUT2D eigenvalue weighted by atomic mass is 15.2. The minimum Gasteiger partial charge on any atom is -0.316 e. The Morgan fingerprint density at radius 1 is 0.618 bits per heavy atom. The third-order valence-corrected chi connectivity index (χ3v) is 11.6. The first-order chi connectivity index (χ1) is 27.1. The van der Waals surface area contributed by atoms with Gasteiger partial charge in [0.05, 0.1) is 27.6 Å². The van der Waals surface area contributed by atoms with Crippen LogP contribution in [0.25, 0.3) is 77.4 Å². The van der Waals surface area contributed by atoms with Crippen LogP contribution < -0.4 is 0 Å². The van der Waals surface area contributed by atoms with Crippen molar-refractivity contribution in [1.82, 2.24) is 28.7 Å². The second-order valence-electron chi connectivity index (χ2n) is 15.2. The van der Waals surface area contributed by atoms with Gasteiger partial charge < -0.3 is 9.13 Å². The Morgan fingerprint density at radius 2 is 1.38 bits per heavy atom. The summed E-state index contributed by atoms with van der Waals surface area (Å²) in [5.41, 5.74) is 8.66. The fourth-order valence-electron chi connectivity index (χ4n) is 8.90. The van der Waals surface area contributed by atoms with Gasteiger partial charge in [-0.2, -0.15) is 9.97 Å². The smallest absolute Gasteiger partial charge is 0.238 e. The maximum absolute atomic E-state index is 5.42. The Bertz CT molecular complexity index is 3120. The van der Waals surface area contributed by atoms with Crippen molar-refractivity contribution >= 4 is 60.1 Å². The van der Waals surface area contributed by atoms with Crippen molar-refractivity contribution in [3.8, 4) is 17.3 Å². The Balaban J connectivity index is 1.28. The quantitative estimate of drug-likeness (QED) is 0.179. The van der Waals surface area contributed by atoms with Crippen molar-refractivity contribution in [2.45, 2.75) is 32.1 Å². The van der Waals surface area contributed by atoms with E-state index in [2.05, 4.69) is 192 Å². The molecule has 2 aliphatic rings. The number of fused-ring (bicyclic) bond motifs is 9. The van der Waals surface area contributed by atoms with Gasteiger partial charge in [0.15, 0.2) is 5.82 Å². The van der Waals surface area contributed by atoms with Crippen molar-refractivity contribution in [3.05, 3.63) is 176 Å². The molecule has 2 atom stereocenters. The molecule has 55 heavy (non-hydrogen) atoms. The zero-order chi connectivity index (χ0) is 36.7. The number of benzene rings is 5. The molecule has 5 aromatic carbocycles. The number of hydrogen-bond acceptors (Lipinski definition) is 3. The van der Waals surface area contributed by atoms with E-state index in [-0.39, 0.29) is 5.41 Å². The van der Waals surface area contributed by atoms with Crippen LogP contribution in [0.3, 0.4) is 0 Å². The molecule has 0 fully saturated rings. The first-order valence-corrected chi connectivity index (χ1v) is 19.2. The van der Waals surface area contributed by atoms with E-state index in [9.17, 15) is 0 Å². The summed E-state index contributed by atoms with van der Waals surface area (Å²) in [7, 11) is 0. The van der Waals surface area contributed by atoms with Crippen molar-refractivity contribution in [2.24, 2.45) is 5.92 Å². The molecule has 0 saturated heterocycles. The van der Waals surface area contributed by atoms with Gasteiger partial charge in [-0.1, -0.05) is 110 Å². The molecule has 6 nitrogen and oxygen atoms in total. The average molecular weight is 711 g/mol. The van der Waals surface area contributed by atoms with Gasteiger partial charge in [0.1, 0.15) is 5.82 Å². The van der Waals surface area contributed by atoms with Crippen molar-refractivity contribution in [3.63, 3.8) is 0 Å². The molecule has 0 radical (unpaired) electrons. The molecule has 0 spiro atoms. The second-order valence-corrected chi connectivity index (χ2v) is 15.2. The average Bonchev–Trinajstić information content (AvgIpc) is 3.92. The fourth-order valence-corrected chi connectivity index (χ4v) is 8.90. The summed E-state index contributed by atoms with van der Waals surface area (Å²) in [6.45, 7) is 4.48. The van der Waals surface area contributed by atoms with Crippen LogP contribution in [0, 0.1) is 5.92 Å². The standard InChI is InChI=1S/C49H38N6/c1-32-15-14-16-33(31-32)46-50-47(49(2)28-12-5-13-29-49)52-48(51-46)55-41-22-11-10-21-36(41)37-23-26-42-43(45(37)55)39-24-25-40-38(27-30-53(40)34-17-6-3-7-18-34)44(39)54(42)35-19-8-4-9-20-35/h3-28,30,32H,29,31H2,1-2H3. The minimum atomic E-state index is -0.368. The van der Waals surface area contributed by atoms with Crippen LogP contribution in [-0.4, -0.2) is 28.7 Å². The highest BCUT2D eigenvalue weighted by Crippen LogP contribution is 2.44. The molecular formula is C49H38N6. The maximum Gasteiger partial charge on any atom is 0.238 e. The van der Waals surface area contributed by atoms with Crippen molar-refractivity contribution in [1.29, 1.82) is 0 Å². The number of rotatable bonds is 5. The van der Waals surface area contributed by atoms with Gasteiger partial charge in [0.25, 0.3) is 0 Å². The Hall–Kier alpha value is -6.79. The van der Waals surface area contributed by atoms with Crippen LogP contribution >= 0.6 is 0 Å². The van der Waals surface area contributed by atoms with Gasteiger partial charge in [0, 0.05) is 49.9 Å². The van der Waals surface area contributed by atoms with E-state index in [1.807, 2.05) is 0 Å². The molecule has 2 unspecified atom stereocenters. The second kappa shape index (κ2) is 12.1. The summed E-state index contributed by atoms with van der Waals surface area (Å²) in [6.07, 6.45) is 19.1. The van der Waals surface area contributed by atoms with Gasteiger partial charge >= 0.3 is 0 Å². The van der Waals surface area contributed by atoms with E-state index in [0.29, 0.717) is 11.9 Å². The monoisotopic (exact) mass is 710 g/mol. The fraction of sp³-hybridized carbons (Fsp3) is 0.122. The molecular weight excluding hydrogens is 673 g/mol. The number of nitrogens with zero attached hydrogens (tertiary/aromatic N) is 6. The molecule has 0 N–H and O–H groups in total. The van der Waals surface area contributed by atoms with Gasteiger partial charge in [-0.05, 0) is 85.9 Å². The number of hydrogen-bond donors (Lipinski definition) is 0. The van der Waals surface area contributed by atoms with Gasteiger partial charge in [-0.15, -0.1) is 0 Å². The van der Waals surface area contributed by atoms with Crippen molar-refractivity contribution in [2.75, 3.05) is 0 Å². The Morgan fingerprint density at radius 3 is 2.18 bits per heavy atom. The molecule has 0 bridgehead atoms. The van der Waals surface area contributed by atoms with Crippen LogP contribution in [0.1, 0.15) is 38.3 Å². The van der Waals surface area contributed by atoms with Crippen LogP contribution in [0.5, 0.6) is 0 Å². The summed E-state index contributed by atoms with van der Waals surface area (Å²) in [5.74, 6) is 2.57. The lowest BCUT2D eigenvalue weighted by Crippen LogP contribution is -2.25. The number of allylic oxidation sites excluding steroid dienone is 8. The topological polar surface area (TPSA) is 53.5 Å². The summed E-state index contributed by atoms with van der Waals surface area (Å²) in [6, 6.07) is 41.4. The third-order valence-electron chi connectivity index (χ3n) is 11.6. The van der Waals surface area contributed by atoms with Crippen LogP contribution in [-0.2, 0) is 5.41 Å². The first-order valence-electron chi connectivity index (χ1n) is 19.2. The third kappa shape index (κ3) is 4.84. The van der Waals surface area contributed by atoms with Crippen LogP contribution in [0.2, 0.25) is 0 Å². The molecule has 9 aromatic rings. The molecule has 0 amide bonds.